The molecule has 4 nitrogen and oxygen atoms in total. The van der Waals surface area contributed by atoms with Crippen LogP contribution in [-0.2, 0) is 0 Å². The molecule has 0 aromatic heterocycles. The first kappa shape index (κ1) is 11.5. The van der Waals surface area contributed by atoms with Crippen LogP contribution < -0.4 is 10.5 Å². The van der Waals surface area contributed by atoms with Crippen molar-refractivity contribution in [2.45, 2.75) is 18.5 Å². The summed E-state index contributed by atoms with van der Waals surface area (Å²) < 4.78 is 5.78. The Labute approximate surface area is 107 Å². The molecule has 0 amide bonds. The lowest BCUT2D eigenvalue weighted by Gasteiger charge is -2.36. The van der Waals surface area contributed by atoms with Crippen LogP contribution in [0.5, 0.6) is 5.75 Å². The molecule has 3 atom stereocenters. The van der Waals surface area contributed by atoms with E-state index in [9.17, 15) is 0 Å². The summed E-state index contributed by atoms with van der Waals surface area (Å²) in [5, 5.41) is 8.97. The molecule has 2 N–H and O–H groups in total. The summed E-state index contributed by atoms with van der Waals surface area (Å²) in [4.78, 5) is 2.30. The quantitative estimate of drug-likeness (QED) is 0.807. The third-order valence-corrected chi connectivity index (χ3v) is 3.97. The number of ether oxygens (including phenoxy) is 1. The van der Waals surface area contributed by atoms with Gasteiger partial charge >= 0.3 is 0 Å². The number of hydrogen-bond acceptors (Lipinski definition) is 4. The van der Waals surface area contributed by atoms with E-state index in [1.807, 2.05) is 24.3 Å². The molecule has 1 aromatic carbocycles. The van der Waals surface area contributed by atoms with Crippen molar-refractivity contribution in [3.05, 3.63) is 29.8 Å². The van der Waals surface area contributed by atoms with E-state index in [1.54, 1.807) is 0 Å². The molecular formula is C14H17N3O. The number of likely N-dealkylation sites (tertiary alicyclic amines) is 1. The van der Waals surface area contributed by atoms with Gasteiger partial charge in [-0.15, -0.1) is 0 Å². The third-order valence-electron chi connectivity index (χ3n) is 3.97. The van der Waals surface area contributed by atoms with Gasteiger partial charge in [-0.05, 0) is 19.0 Å². The highest BCUT2D eigenvalue weighted by atomic mass is 16.5. The second-order valence-corrected chi connectivity index (χ2v) is 5.05. The van der Waals surface area contributed by atoms with Crippen LogP contribution in [0.2, 0.25) is 0 Å². The van der Waals surface area contributed by atoms with Gasteiger partial charge in [0.05, 0.1) is 24.1 Å². The normalized spacial score (nSPS) is 31.4. The smallest absolute Gasteiger partial charge is 0.124 e. The molecule has 0 unspecified atom stereocenters. The monoisotopic (exact) mass is 243 g/mol. The van der Waals surface area contributed by atoms with E-state index in [0.29, 0.717) is 6.61 Å². The predicted molar refractivity (Wildman–Crippen MR) is 67.9 cm³/mol. The first-order valence-corrected chi connectivity index (χ1v) is 6.40. The molecule has 4 heteroatoms. The molecule has 0 bridgehead atoms. The minimum atomic E-state index is -0.0209. The van der Waals surface area contributed by atoms with Crippen molar-refractivity contribution >= 4 is 0 Å². The van der Waals surface area contributed by atoms with Crippen molar-refractivity contribution in [3.8, 4) is 11.8 Å². The molecule has 1 saturated heterocycles. The van der Waals surface area contributed by atoms with Crippen LogP contribution in [0.3, 0.4) is 0 Å². The van der Waals surface area contributed by atoms with Gasteiger partial charge in [-0.1, -0.05) is 18.2 Å². The number of fused-ring (bicyclic) bond motifs is 1. The topological polar surface area (TPSA) is 62.3 Å². The predicted octanol–water partition coefficient (Wildman–Crippen LogP) is 1.29. The maximum atomic E-state index is 8.97. The van der Waals surface area contributed by atoms with Crippen molar-refractivity contribution in [3.63, 3.8) is 0 Å². The number of nitrogens with zero attached hydrogens (tertiary/aromatic N) is 2. The highest BCUT2D eigenvalue weighted by Crippen LogP contribution is 2.34. The van der Waals surface area contributed by atoms with Gasteiger partial charge in [0.2, 0.25) is 0 Å². The first-order valence-electron chi connectivity index (χ1n) is 6.40. The number of nitriles is 1. The molecule has 2 aliphatic heterocycles. The highest BCUT2D eigenvalue weighted by Gasteiger charge is 2.36. The fourth-order valence-corrected chi connectivity index (χ4v) is 2.90. The van der Waals surface area contributed by atoms with E-state index in [-0.39, 0.29) is 18.0 Å². The summed E-state index contributed by atoms with van der Waals surface area (Å²) in [6.45, 7) is 2.39. The Balaban J connectivity index is 1.79. The molecule has 1 aromatic rings. The highest BCUT2D eigenvalue weighted by molar-refractivity contribution is 5.38. The van der Waals surface area contributed by atoms with E-state index in [0.717, 1.165) is 30.8 Å². The average molecular weight is 243 g/mol. The zero-order chi connectivity index (χ0) is 12.5. The summed E-state index contributed by atoms with van der Waals surface area (Å²) in [6, 6.07) is 10.5. The molecule has 0 spiro atoms. The van der Waals surface area contributed by atoms with Crippen LogP contribution in [-0.4, -0.2) is 30.6 Å². The van der Waals surface area contributed by atoms with E-state index >= 15 is 0 Å². The Morgan fingerprint density at radius 1 is 1.39 bits per heavy atom. The second kappa shape index (κ2) is 4.60. The van der Waals surface area contributed by atoms with Crippen LogP contribution in [0.15, 0.2) is 24.3 Å². The average Bonchev–Trinajstić information content (AvgIpc) is 2.88. The number of benzene rings is 1. The van der Waals surface area contributed by atoms with Gasteiger partial charge in [0.15, 0.2) is 0 Å². The Morgan fingerprint density at radius 3 is 3.00 bits per heavy atom. The molecule has 0 aliphatic carbocycles. The second-order valence-electron chi connectivity index (χ2n) is 5.05. The zero-order valence-electron chi connectivity index (χ0n) is 10.2. The standard InChI is InChI=1S/C14H17N3O/c15-7-10-5-6-17(8-10)12-9-18-13-4-2-1-3-11(13)14(12)16/h1-4,10,12,14H,5-6,8-9,16H2/t10-,12+,14+/m1/s1. The van der Waals surface area contributed by atoms with Crippen molar-refractivity contribution in [2.75, 3.05) is 19.7 Å². The Kier molecular flexibility index (Phi) is 2.94. The minimum absolute atomic E-state index is 0.0209. The zero-order valence-corrected chi connectivity index (χ0v) is 10.2. The Hall–Kier alpha value is -1.57. The lowest BCUT2D eigenvalue weighted by Crippen LogP contribution is -2.47. The van der Waals surface area contributed by atoms with Gasteiger partial charge in [-0.2, -0.15) is 5.26 Å². The summed E-state index contributed by atoms with van der Waals surface area (Å²) in [6.07, 6.45) is 0.946. The minimum Gasteiger partial charge on any atom is -0.492 e. The summed E-state index contributed by atoms with van der Waals surface area (Å²) in [7, 11) is 0. The van der Waals surface area contributed by atoms with E-state index in [1.165, 1.54) is 0 Å². The first-order chi connectivity index (χ1) is 8.79. The van der Waals surface area contributed by atoms with Crippen molar-refractivity contribution < 1.29 is 4.74 Å². The number of para-hydroxylation sites is 1. The van der Waals surface area contributed by atoms with Gasteiger partial charge in [-0.25, -0.2) is 0 Å². The molecular weight excluding hydrogens is 226 g/mol. The van der Waals surface area contributed by atoms with Crippen LogP contribution in [0.1, 0.15) is 18.0 Å². The molecule has 1 fully saturated rings. The van der Waals surface area contributed by atoms with Crippen LogP contribution in [0.25, 0.3) is 0 Å². The van der Waals surface area contributed by atoms with Crippen molar-refractivity contribution in [1.29, 1.82) is 5.26 Å². The number of hydrogen-bond donors (Lipinski definition) is 1. The lowest BCUT2D eigenvalue weighted by molar-refractivity contribution is 0.117. The lowest BCUT2D eigenvalue weighted by atomic mass is 9.96. The molecule has 2 aliphatic rings. The van der Waals surface area contributed by atoms with Gasteiger partial charge < -0.3 is 10.5 Å². The summed E-state index contributed by atoms with van der Waals surface area (Å²) >= 11 is 0. The maximum Gasteiger partial charge on any atom is 0.124 e. The van der Waals surface area contributed by atoms with Gasteiger partial charge in [0.1, 0.15) is 12.4 Å². The SMILES string of the molecule is N#C[C@H]1CCN([C@H]2COc3ccccc3[C@@H]2N)C1. The molecule has 18 heavy (non-hydrogen) atoms. The van der Waals surface area contributed by atoms with Crippen LogP contribution in [0, 0.1) is 17.2 Å². The fourth-order valence-electron chi connectivity index (χ4n) is 2.90. The molecule has 94 valence electrons. The van der Waals surface area contributed by atoms with Gasteiger partial charge in [-0.3, -0.25) is 4.90 Å². The fraction of sp³-hybridized carbons (Fsp3) is 0.500. The Morgan fingerprint density at radius 2 is 2.22 bits per heavy atom. The van der Waals surface area contributed by atoms with E-state index < -0.39 is 0 Å². The van der Waals surface area contributed by atoms with Crippen molar-refractivity contribution in [2.24, 2.45) is 11.7 Å². The number of nitrogens with two attached hydrogens (primary N) is 1. The molecule has 2 heterocycles. The van der Waals surface area contributed by atoms with E-state index in [4.69, 9.17) is 15.7 Å². The van der Waals surface area contributed by atoms with Crippen LogP contribution in [0.4, 0.5) is 0 Å². The number of rotatable bonds is 1. The molecule has 3 rings (SSSR count). The maximum absolute atomic E-state index is 8.97. The Bertz CT molecular complexity index is 482. The largest absolute Gasteiger partial charge is 0.492 e. The summed E-state index contributed by atoms with van der Waals surface area (Å²) in [5.74, 6) is 1.05. The third kappa shape index (κ3) is 1.86. The van der Waals surface area contributed by atoms with E-state index in [2.05, 4.69) is 11.0 Å². The van der Waals surface area contributed by atoms with Gasteiger partial charge in [0, 0.05) is 12.1 Å². The van der Waals surface area contributed by atoms with Crippen LogP contribution >= 0.6 is 0 Å². The van der Waals surface area contributed by atoms with Crippen molar-refractivity contribution in [1.82, 2.24) is 4.90 Å². The molecule has 0 saturated carbocycles. The van der Waals surface area contributed by atoms with Gasteiger partial charge in [0.25, 0.3) is 0 Å². The molecule has 0 radical (unpaired) electrons. The summed E-state index contributed by atoms with van der Waals surface area (Å²) in [5.41, 5.74) is 7.43.